The predicted octanol–water partition coefficient (Wildman–Crippen LogP) is -0.237. The van der Waals surface area contributed by atoms with Crippen LogP contribution in [0, 0.1) is 11.5 Å². The topological polar surface area (TPSA) is 39.1 Å². The molecular formula is C6H11N3. The van der Waals surface area contributed by atoms with Crippen molar-refractivity contribution in [3.63, 3.8) is 0 Å². The molecule has 1 aliphatic heterocycles. The van der Waals surface area contributed by atoms with Gasteiger partial charge < -0.3 is 10.2 Å². The molecule has 0 aliphatic carbocycles. The lowest BCUT2D eigenvalue weighted by atomic mass is 10.4. The second kappa shape index (κ2) is 3.31. The molecule has 0 aromatic heterocycles. The summed E-state index contributed by atoms with van der Waals surface area (Å²) in [5.74, 6) is 0. The summed E-state index contributed by atoms with van der Waals surface area (Å²) >= 11 is 0. The van der Waals surface area contributed by atoms with Crippen LogP contribution in [0.4, 0.5) is 0 Å². The Morgan fingerprint density at radius 1 is 1.33 bits per heavy atom. The van der Waals surface area contributed by atoms with Crippen molar-refractivity contribution in [3.8, 4) is 6.19 Å². The van der Waals surface area contributed by atoms with Gasteiger partial charge in [0.25, 0.3) is 0 Å². The summed E-state index contributed by atoms with van der Waals surface area (Å²) in [5, 5.41) is 11.7. The van der Waals surface area contributed by atoms with Crippen LogP contribution < -0.4 is 5.32 Å². The van der Waals surface area contributed by atoms with Gasteiger partial charge in [-0.3, -0.25) is 0 Å². The molecule has 1 saturated heterocycles. The van der Waals surface area contributed by atoms with Crippen LogP contribution in [0.25, 0.3) is 0 Å². The van der Waals surface area contributed by atoms with Crippen LogP contribution in [0.1, 0.15) is 6.42 Å². The van der Waals surface area contributed by atoms with Crippen LogP contribution in [0.15, 0.2) is 0 Å². The van der Waals surface area contributed by atoms with Gasteiger partial charge in [0.1, 0.15) is 0 Å². The predicted molar refractivity (Wildman–Crippen MR) is 34.7 cm³/mol. The molecule has 0 unspecified atom stereocenters. The molecule has 1 rings (SSSR count). The van der Waals surface area contributed by atoms with Crippen LogP contribution in [-0.4, -0.2) is 31.1 Å². The van der Waals surface area contributed by atoms with E-state index in [0.717, 1.165) is 32.6 Å². The summed E-state index contributed by atoms with van der Waals surface area (Å²) < 4.78 is 0. The van der Waals surface area contributed by atoms with Crippen molar-refractivity contribution in [2.45, 2.75) is 6.42 Å². The highest BCUT2D eigenvalue weighted by Crippen LogP contribution is 1.90. The summed E-state index contributed by atoms with van der Waals surface area (Å²) in [4.78, 5) is 1.79. The molecule has 3 nitrogen and oxygen atoms in total. The molecule has 9 heavy (non-hydrogen) atoms. The van der Waals surface area contributed by atoms with Crippen LogP contribution >= 0.6 is 0 Å². The smallest absolute Gasteiger partial charge is 0.179 e. The van der Waals surface area contributed by atoms with Gasteiger partial charge in [-0.1, -0.05) is 0 Å². The van der Waals surface area contributed by atoms with Crippen molar-refractivity contribution in [2.75, 3.05) is 26.2 Å². The molecule has 0 bridgehead atoms. The van der Waals surface area contributed by atoms with E-state index in [1.165, 1.54) is 0 Å². The first-order valence-electron chi connectivity index (χ1n) is 3.29. The third kappa shape index (κ3) is 1.90. The van der Waals surface area contributed by atoms with Crippen LogP contribution in [0.2, 0.25) is 0 Å². The monoisotopic (exact) mass is 125 g/mol. The lowest BCUT2D eigenvalue weighted by Gasteiger charge is -2.08. The normalized spacial score (nSPS) is 20.6. The van der Waals surface area contributed by atoms with E-state index in [1.807, 2.05) is 0 Å². The lowest BCUT2D eigenvalue weighted by molar-refractivity contribution is 0.419. The summed E-state index contributed by atoms with van der Waals surface area (Å²) in [6.45, 7) is 3.80. The van der Waals surface area contributed by atoms with E-state index in [9.17, 15) is 0 Å². The number of hydrogen-bond acceptors (Lipinski definition) is 3. The van der Waals surface area contributed by atoms with Crippen LogP contribution in [0.3, 0.4) is 0 Å². The van der Waals surface area contributed by atoms with E-state index < -0.39 is 0 Å². The van der Waals surface area contributed by atoms with Crippen LogP contribution in [-0.2, 0) is 0 Å². The first kappa shape index (κ1) is 6.37. The molecule has 0 radical (unpaired) electrons. The molecule has 0 aromatic rings. The molecule has 0 amide bonds. The molecule has 1 N–H and O–H groups in total. The van der Waals surface area contributed by atoms with Crippen molar-refractivity contribution in [1.82, 2.24) is 10.2 Å². The minimum atomic E-state index is 0.872. The van der Waals surface area contributed by atoms with Gasteiger partial charge in [-0.25, -0.2) is 0 Å². The Bertz CT molecular complexity index is 108. The lowest BCUT2D eigenvalue weighted by Crippen LogP contribution is -2.23. The van der Waals surface area contributed by atoms with Gasteiger partial charge in [-0.15, -0.1) is 0 Å². The Morgan fingerprint density at radius 2 is 2.22 bits per heavy atom. The Morgan fingerprint density at radius 3 is 3.00 bits per heavy atom. The molecule has 0 atom stereocenters. The van der Waals surface area contributed by atoms with Gasteiger partial charge in [0.05, 0.1) is 0 Å². The second-order valence-corrected chi connectivity index (χ2v) is 2.19. The molecule has 0 saturated carbocycles. The summed E-state index contributed by atoms with van der Waals surface area (Å²) in [6.07, 6.45) is 3.23. The number of hydrogen-bond donors (Lipinski definition) is 1. The van der Waals surface area contributed by atoms with Gasteiger partial charge in [0.15, 0.2) is 6.19 Å². The quantitative estimate of drug-likeness (QED) is 0.454. The van der Waals surface area contributed by atoms with Crippen LogP contribution in [0.5, 0.6) is 0 Å². The minimum absolute atomic E-state index is 0.872. The zero-order chi connectivity index (χ0) is 6.53. The Labute approximate surface area is 55.3 Å². The SMILES string of the molecule is N#CN1CCCNCC1. The van der Waals surface area contributed by atoms with E-state index in [1.54, 1.807) is 4.90 Å². The molecule has 1 heterocycles. The Hall–Kier alpha value is -0.750. The molecule has 0 spiro atoms. The maximum absolute atomic E-state index is 8.46. The summed E-state index contributed by atoms with van der Waals surface area (Å²) in [5.41, 5.74) is 0. The highest BCUT2D eigenvalue weighted by atomic mass is 15.1. The van der Waals surface area contributed by atoms with E-state index in [2.05, 4.69) is 11.5 Å². The molecule has 3 heteroatoms. The number of nitrogens with one attached hydrogen (secondary N) is 1. The third-order valence-corrected chi connectivity index (χ3v) is 1.48. The fourth-order valence-electron chi connectivity index (χ4n) is 0.946. The standard InChI is InChI=1S/C6H11N3/c7-6-9-4-1-2-8-3-5-9/h8H,1-5H2. The number of nitriles is 1. The van der Waals surface area contributed by atoms with Crippen molar-refractivity contribution in [1.29, 1.82) is 5.26 Å². The molecule has 1 aliphatic rings. The average molecular weight is 125 g/mol. The van der Waals surface area contributed by atoms with E-state index in [4.69, 9.17) is 5.26 Å². The summed E-state index contributed by atoms with van der Waals surface area (Å²) in [6, 6.07) is 0. The van der Waals surface area contributed by atoms with Crippen molar-refractivity contribution >= 4 is 0 Å². The van der Waals surface area contributed by atoms with Gasteiger partial charge in [-0.2, -0.15) is 5.26 Å². The summed E-state index contributed by atoms with van der Waals surface area (Å²) in [7, 11) is 0. The Balaban J connectivity index is 2.29. The maximum atomic E-state index is 8.46. The molecule has 0 aromatic carbocycles. The third-order valence-electron chi connectivity index (χ3n) is 1.48. The molecule has 1 fully saturated rings. The zero-order valence-corrected chi connectivity index (χ0v) is 5.43. The minimum Gasteiger partial charge on any atom is -0.315 e. The second-order valence-electron chi connectivity index (χ2n) is 2.19. The maximum Gasteiger partial charge on any atom is 0.179 e. The van der Waals surface area contributed by atoms with E-state index in [-0.39, 0.29) is 0 Å². The highest BCUT2D eigenvalue weighted by Gasteiger charge is 2.03. The molecular weight excluding hydrogens is 114 g/mol. The van der Waals surface area contributed by atoms with Crippen molar-refractivity contribution < 1.29 is 0 Å². The van der Waals surface area contributed by atoms with E-state index in [0.29, 0.717) is 0 Å². The number of rotatable bonds is 0. The highest BCUT2D eigenvalue weighted by molar-refractivity contribution is 4.76. The van der Waals surface area contributed by atoms with Gasteiger partial charge in [-0.05, 0) is 13.0 Å². The fourth-order valence-corrected chi connectivity index (χ4v) is 0.946. The average Bonchev–Trinajstić information content (AvgIpc) is 2.13. The van der Waals surface area contributed by atoms with Crippen molar-refractivity contribution in [3.05, 3.63) is 0 Å². The Kier molecular flexibility index (Phi) is 2.34. The van der Waals surface area contributed by atoms with Gasteiger partial charge >= 0.3 is 0 Å². The molecule has 50 valence electrons. The largest absolute Gasteiger partial charge is 0.315 e. The number of nitrogens with zero attached hydrogens (tertiary/aromatic N) is 2. The zero-order valence-electron chi connectivity index (χ0n) is 5.43. The van der Waals surface area contributed by atoms with E-state index >= 15 is 0 Å². The first-order valence-corrected chi connectivity index (χ1v) is 3.29. The van der Waals surface area contributed by atoms with Gasteiger partial charge in [0, 0.05) is 19.6 Å². The first-order chi connectivity index (χ1) is 4.43. The fraction of sp³-hybridized carbons (Fsp3) is 0.833. The van der Waals surface area contributed by atoms with Crippen molar-refractivity contribution in [2.24, 2.45) is 0 Å². The van der Waals surface area contributed by atoms with Gasteiger partial charge in [0.2, 0.25) is 0 Å².